The van der Waals surface area contributed by atoms with E-state index in [2.05, 4.69) is 25.6 Å². The Morgan fingerprint density at radius 2 is 1.85 bits per heavy atom. The van der Waals surface area contributed by atoms with Crippen molar-refractivity contribution in [2.45, 2.75) is 31.8 Å². The number of hydrogen-bond donors (Lipinski definition) is 2. The van der Waals surface area contributed by atoms with Crippen molar-refractivity contribution in [3.05, 3.63) is 77.9 Å². The largest absolute Gasteiger partial charge is 0.497 e. The average Bonchev–Trinajstić information content (AvgIpc) is 2.62. The van der Waals surface area contributed by atoms with Crippen molar-refractivity contribution >= 4 is 12.4 Å². The molecule has 3 N–H and O–H groups in total. The summed E-state index contributed by atoms with van der Waals surface area (Å²) in [6.07, 6.45) is 0.477. The van der Waals surface area contributed by atoms with Crippen LogP contribution >= 0.6 is 12.4 Å². The van der Waals surface area contributed by atoms with Gasteiger partial charge in [-0.15, -0.1) is 19.0 Å². The Hall–Kier alpha value is -1.81. The van der Waals surface area contributed by atoms with Gasteiger partial charge in [0.25, 0.3) is 0 Å². The first kappa shape index (κ1) is 22.2. The molecule has 4 heteroatoms. The summed E-state index contributed by atoms with van der Waals surface area (Å²) in [7, 11) is 1.63. The summed E-state index contributed by atoms with van der Waals surface area (Å²) in [5.74, 6) is 0.675. The van der Waals surface area contributed by atoms with Gasteiger partial charge in [0.15, 0.2) is 0 Å². The molecule has 3 nitrogen and oxygen atoms in total. The maximum absolute atomic E-state index is 11.7. The Kier molecular flexibility index (Phi) is 8.35. The number of aliphatic hydroxyl groups is 1. The monoisotopic (exact) mass is 375 g/mol. The third kappa shape index (κ3) is 4.88. The summed E-state index contributed by atoms with van der Waals surface area (Å²) in [5, 5.41) is 11.7. The molecular weight excluding hydrogens is 346 g/mol. The lowest BCUT2D eigenvalue weighted by molar-refractivity contribution is -0.0270. The Bertz CT molecular complexity index is 704. The highest BCUT2D eigenvalue weighted by Gasteiger charge is 2.40. The van der Waals surface area contributed by atoms with Crippen molar-refractivity contribution in [3.63, 3.8) is 0 Å². The van der Waals surface area contributed by atoms with Gasteiger partial charge in [-0.1, -0.05) is 55.0 Å². The van der Waals surface area contributed by atoms with Gasteiger partial charge in [-0.25, -0.2) is 0 Å². The first-order chi connectivity index (χ1) is 11.9. The van der Waals surface area contributed by atoms with Gasteiger partial charge in [0.1, 0.15) is 5.75 Å². The number of ether oxygens (including phenoxy) is 1. The van der Waals surface area contributed by atoms with Gasteiger partial charge >= 0.3 is 0 Å². The van der Waals surface area contributed by atoms with Crippen molar-refractivity contribution in [1.82, 2.24) is 0 Å². The zero-order valence-corrected chi connectivity index (χ0v) is 16.6. The molecule has 0 fully saturated rings. The molecule has 0 aliphatic rings. The molecule has 0 radical (unpaired) electrons. The van der Waals surface area contributed by atoms with E-state index >= 15 is 0 Å². The van der Waals surface area contributed by atoms with Crippen molar-refractivity contribution < 1.29 is 9.84 Å². The quantitative estimate of drug-likeness (QED) is 0.660. The molecule has 26 heavy (non-hydrogen) atoms. The van der Waals surface area contributed by atoms with Gasteiger partial charge in [0, 0.05) is 12.3 Å². The molecule has 3 unspecified atom stereocenters. The Morgan fingerprint density at radius 1 is 1.19 bits per heavy atom. The lowest BCUT2D eigenvalue weighted by atomic mass is 9.70. The van der Waals surface area contributed by atoms with Gasteiger partial charge in [-0.2, -0.15) is 0 Å². The summed E-state index contributed by atoms with van der Waals surface area (Å²) >= 11 is 0. The molecular formula is C22H30ClNO2. The van der Waals surface area contributed by atoms with E-state index in [0.29, 0.717) is 13.0 Å². The zero-order valence-electron chi connectivity index (χ0n) is 15.8. The summed E-state index contributed by atoms with van der Waals surface area (Å²) in [6, 6.07) is 17.8. The predicted octanol–water partition coefficient (Wildman–Crippen LogP) is 4.65. The Balaban J connectivity index is 0.00000338. The third-order valence-corrected chi connectivity index (χ3v) is 4.98. The number of benzene rings is 2. The molecule has 142 valence electrons. The molecule has 0 aliphatic heterocycles. The maximum Gasteiger partial charge on any atom is 0.119 e. The van der Waals surface area contributed by atoms with Crippen LogP contribution in [0, 0.1) is 5.92 Å². The molecule has 0 saturated carbocycles. The van der Waals surface area contributed by atoms with E-state index in [-0.39, 0.29) is 24.2 Å². The van der Waals surface area contributed by atoms with Crippen LogP contribution in [0.4, 0.5) is 0 Å². The fourth-order valence-corrected chi connectivity index (χ4v) is 3.54. The second kappa shape index (κ2) is 9.77. The fourth-order valence-electron chi connectivity index (χ4n) is 3.54. The molecule has 0 aromatic heterocycles. The zero-order chi connectivity index (χ0) is 18.4. The summed E-state index contributed by atoms with van der Waals surface area (Å²) < 4.78 is 5.35. The van der Waals surface area contributed by atoms with Crippen LogP contribution in [0.15, 0.2) is 66.7 Å². The highest BCUT2D eigenvalue weighted by molar-refractivity contribution is 5.85. The molecule has 0 spiro atoms. The molecule has 0 amide bonds. The third-order valence-electron chi connectivity index (χ3n) is 4.98. The number of nitrogens with two attached hydrogens (primary N) is 1. The van der Waals surface area contributed by atoms with Gasteiger partial charge in [0.2, 0.25) is 0 Å². The minimum atomic E-state index is -1.07. The topological polar surface area (TPSA) is 55.5 Å². The second-order valence-corrected chi connectivity index (χ2v) is 6.83. The smallest absolute Gasteiger partial charge is 0.119 e. The van der Waals surface area contributed by atoms with Crippen LogP contribution in [-0.2, 0) is 5.60 Å². The number of rotatable bonds is 8. The van der Waals surface area contributed by atoms with Crippen LogP contribution in [0.5, 0.6) is 5.75 Å². The minimum Gasteiger partial charge on any atom is -0.497 e. The summed E-state index contributed by atoms with van der Waals surface area (Å²) in [5.41, 5.74) is 7.94. The van der Waals surface area contributed by atoms with Crippen LogP contribution in [0.2, 0.25) is 0 Å². The van der Waals surface area contributed by atoms with E-state index in [1.165, 1.54) is 0 Å². The first-order valence-corrected chi connectivity index (χ1v) is 8.68. The van der Waals surface area contributed by atoms with Crippen LogP contribution < -0.4 is 10.5 Å². The molecule has 2 aromatic rings. The summed E-state index contributed by atoms with van der Waals surface area (Å²) in [6.45, 7) is 8.50. The van der Waals surface area contributed by atoms with Crippen LogP contribution in [0.1, 0.15) is 37.3 Å². The second-order valence-electron chi connectivity index (χ2n) is 6.83. The van der Waals surface area contributed by atoms with E-state index in [9.17, 15) is 5.11 Å². The van der Waals surface area contributed by atoms with Crippen LogP contribution in [0.3, 0.4) is 0 Å². The highest BCUT2D eigenvalue weighted by Crippen LogP contribution is 2.43. The van der Waals surface area contributed by atoms with Gasteiger partial charge < -0.3 is 15.6 Å². The van der Waals surface area contributed by atoms with Gasteiger partial charge in [-0.3, -0.25) is 0 Å². The number of halogens is 1. The Labute approximate surface area is 163 Å². The first-order valence-electron chi connectivity index (χ1n) is 8.68. The fraction of sp³-hybridized carbons (Fsp3) is 0.364. The molecule has 0 bridgehead atoms. The molecule has 0 saturated heterocycles. The van der Waals surface area contributed by atoms with E-state index in [4.69, 9.17) is 10.5 Å². The summed E-state index contributed by atoms with van der Waals surface area (Å²) in [4.78, 5) is 0. The average molecular weight is 376 g/mol. The van der Waals surface area contributed by atoms with Gasteiger partial charge in [-0.05, 0) is 42.6 Å². The normalized spacial score (nSPS) is 15.3. The van der Waals surface area contributed by atoms with Crippen molar-refractivity contribution in [2.24, 2.45) is 11.7 Å². The molecule has 0 heterocycles. The SMILES string of the molecule is C=C(C)CC(O)(c1cccc(OC)c1)C(C)C(CN)c1ccccc1.Cl. The van der Waals surface area contributed by atoms with Crippen LogP contribution in [-0.4, -0.2) is 18.8 Å². The lowest BCUT2D eigenvalue weighted by Crippen LogP contribution is -2.39. The molecule has 2 aromatic carbocycles. The van der Waals surface area contributed by atoms with E-state index in [0.717, 1.165) is 22.4 Å². The van der Waals surface area contributed by atoms with Crippen molar-refractivity contribution in [3.8, 4) is 5.75 Å². The predicted molar refractivity (Wildman–Crippen MR) is 111 cm³/mol. The molecule has 3 atom stereocenters. The highest BCUT2D eigenvalue weighted by atomic mass is 35.5. The van der Waals surface area contributed by atoms with E-state index < -0.39 is 5.60 Å². The Morgan fingerprint density at radius 3 is 2.38 bits per heavy atom. The number of hydrogen-bond acceptors (Lipinski definition) is 3. The maximum atomic E-state index is 11.7. The van der Waals surface area contributed by atoms with Crippen molar-refractivity contribution in [1.29, 1.82) is 0 Å². The van der Waals surface area contributed by atoms with E-state index in [1.807, 2.05) is 49.4 Å². The van der Waals surface area contributed by atoms with E-state index in [1.54, 1.807) is 7.11 Å². The lowest BCUT2D eigenvalue weighted by Gasteiger charge is -2.39. The van der Waals surface area contributed by atoms with Crippen molar-refractivity contribution in [2.75, 3.05) is 13.7 Å². The van der Waals surface area contributed by atoms with Gasteiger partial charge in [0.05, 0.1) is 12.7 Å². The van der Waals surface area contributed by atoms with Crippen LogP contribution in [0.25, 0.3) is 0 Å². The molecule has 2 rings (SSSR count). The standard InChI is InChI=1S/C22H29NO2.ClH/c1-16(2)14-22(24,19-11-8-12-20(13-19)25-4)17(3)21(15-23)18-9-6-5-7-10-18;/h5-13,17,21,24H,1,14-15,23H2,2-4H3;1H. The number of methoxy groups -OCH3 is 1. The minimum absolute atomic E-state index is 0. The molecule has 0 aliphatic carbocycles.